The third-order valence-electron chi connectivity index (χ3n) is 1.80. The molecule has 0 amide bonds. The van der Waals surface area contributed by atoms with Gasteiger partial charge in [-0.15, -0.1) is 10.2 Å². The molecule has 0 fully saturated rings. The molecule has 0 atom stereocenters. The molecule has 0 aromatic carbocycles. The highest BCUT2D eigenvalue weighted by molar-refractivity contribution is 9.11. The lowest BCUT2D eigenvalue weighted by atomic mass is 10.5. The van der Waals surface area contributed by atoms with E-state index < -0.39 is 0 Å². The molecule has 0 spiro atoms. The van der Waals surface area contributed by atoms with Crippen molar-refractivity contribution in [2.45, 2.75) is 19.9 Å². The molecule has 2 aromatic rings. The van der Waals surface area contributed by atoms with Crippen molar-refractivity contribution >= 4 is 31.9 Å². The summed E-state index contributed by atoms with van der Waals surface area (Å²) in [4.78, 5) is 0. The highest BCUT2D eigenvalue weighted by Crippen LogP contribution is 2.17. The Bertz CT molecular complexity index is 465. The van der Waals surface area contributed by atoms with Crippen molar-refractivity contribution in [1.82, 2.24) is 20.0 Å². The predicted octanol–water partition coefficient (Wildman–Crippen LogP) is 2.40. The minimum atomic E-state index is 0.471. The smallest absolute Gasteiger partial charge is 0.237 e. The lowest BCUT2D eigenvalue weighted by Gasteiger charge is -1.97. The van der Waals surface area contributed by atoms with Crippen LogP contribution < -0.4 is 0 Å². The van der Waals surface area contributed by atoms with Gasteiger partial charge in [0.15, 0.2) is 0 Å². The van der Waals surface area contributed by atoms with Gasteiger partial charge >= 0.3 is 0 Å². The van der Waals surface area contributed by atoms with Crippen LogP contribution in [0.25, 0.3) is 0 Å². The standard InChI is InChI=1S/C8H8Br2N4O/c1-2-7-11-12-8(15-7)4-14-6(10)3-5(9)13-14/h3H,2,4H2,1H3. The number of aromatic nitrogens is 4. The van der Waals surface area contributed by atoms with E-state index >= 15 is 0 Å². The topological polar surface area (TPSA) is 56.7 Å². The number of halogens is 2. The van der Waals surface area contributed by atoms with Crippen molar-refractivity contribution in [3.05, 3.63) is 27.1 Å². The van der Waals surface area contributed by atoms with Crippen molar-refractivity contribution in [2.75, 3.05) is 0 Å². The lowest BCUT2D eigenvalue weighted by Crippen LogP contribution is -2.02. The van der Waals surface area contributed by atoms with Crippen molar-refractivity contribution in [1.29, 1.82) is 0 Å². The molecule has 5 nitrogen and oxygen atoms in total. The molecule has 0 bridgehead atoms. The third kappa shape index (κ3) is 2.46. The maximum absolute atomic E-state index is 5.38. The molecule has 0 saturated carbocycles. The van der Waals surface area contributed by atoms with E-state index in [1.807, 2.05) is 13.0 Å². The maximum Gasteiger partial charge on any atom is 0.237 e. The molecule has 7 heteroatoms. The van der Waals surface area contributed by atoms with Crippen molar-refractivity contribution in [3.63, 3.8) is 0 Å². The SMILES string of the molecule is CCc1nnc(Cn2nc(Br)cc2Br)o1. The molecule has 80 valence electrons. The van der Waals surface area contributed by atoms with Crippen LogP contribution in [0.5, 0.6) is 0 Å². The summed E-state index contributed by atoms with van der Waals surface area (Å²) in [5.41, 5.74) is 0. The molecule has 2 rings (SSSR count). The van der Waals surface area contributed by atoms with Gasteiger partial charge in [-0.3, -0.25) is 0 Å². The van der Waals surface area contributed by atoms with Gasteiger partial charge in [-0.2, -0.15) is 5.10 Å². The van der Waals surface area contributed by atoms with E-state index in [0.717, 1.165) is 15.6 Å². The minimum absolute atomic E-state index is 0.471. The van der Waals surface area contributed by atoms with Gasteiger partial charge in [0.2, 0.25) is 11.8 Å². The first kappa shape index (κ1) is 10.8. The Morgan fingerprint density at radius 3 is 2.60 bits per heavy atom. The van der Waals surface area contributed by atoms with Crippen LogP contribution in [-0.4, -0.2) is 20.0 Å². The van der Waals surface area contributed by atoms with Crippen LogP contribution in [0.1, 0.15) is 18.7 Å². The van der Waals surface area contributed by atoms with Crippen molar-refractivity contribution in [2.24, 2.45) is 0 Å². The first-order valence-electron chi connectivity index (χ1n) is 4.39. The lowest BCUT2D eigenvalue weighted by molar-refractivity contribution is 0.431. The number of rotatable bonds is 3. The Morgan fingerprint density at radius 1 is 1.33 bits per heavy atom. The van der Waals surface area contributed by atoms with Crippen molar-refractivity contribution in [3.8, 4) is 0 Å². The molecule has 0 aliphatic heterocycles. The second kappa shape index (κ2) is 4.44. The summed E-state index contributed by atoms with van der Waals surface area (Å²) in [6.45, 7) is 2.44. The van der Waals surface area contributed by atoms with Gasteiger partial charge in [0.25, 0.3) is 0 Å². The molecule has 0 aliphatic rings. The van der Waals surface area contributed by atoms with Gasteiger partial charge in [-0.05, 0) is 31.9 Å². The van der Waals surface area contributed by atoms with E-state index in [2.05, 4.69) is 47.2 Å². The summed E-state index contributed by atoms with van der Waals surface area (Å²) in [5.74, 6) is 1.20. The zero-order valence-electron chi connectivity index (χ0n) is 7.94. The molecular weight excluding hydrogens is 328 g/mol. The number of aryl methyl sites for hydroxylation is 1. The van der Waals surface area contributed by atoms with E-state index in [1.54, 1.807) is 4.68 Å². The summed E-state index contributed by atoms with van der Waals surface area (Å²) in [7, 11) is 0. The normalized spacial score (nSPS) is 10.9. The summed E-state index contributed by atoms with van der Waals surface area (Å²) < 4.78 is 8.75. The first-order valence-corrected chi connectivity index (χ1v) is 5.97. The van der Waals surface area contributed by atoms with Crippen LogP contribution in [0.15, 0.2) is 19.7 Å². The first-order chi connectivity index (χ1) is 7.19. The number of hydrogen-bond donors (Lipinski definition) is 0. The van der Waals surface area contributed by atoms with Crippen LogP contribution in [0.3, 0.4) is 0 Å². The van der Waals surface area contributed by atoms with E-state index in [0.29, 0.717) is 18.3 Å². The van der Waals surface area contributed by atoms with Gasteiger partial charge in [0.1, 0.15) is 15.8 Å². The van der Waals surface area contributed by atoms with Gasteiger partial charge in [-0.25, -0.2) is 4.68 Å². The zero-order chi connectivity index (χ0) is 10.8. The van der Waals surface area contributed by atoms with Gasteiger partial charge < -0.3 is 4.42 Å². The summed E-state index contributed by atoms with van der Waals surface area (Å²) in [6.07, 6.45) is 0.747. The Morgan fingerprint density at radius 2 is 2.07 bits per heavy atom. The van der Waals surface area contributed by atoms with E-state index in [1.165, 1.54) is 0 Å². The van der Waals surface area contributed by atoms with Crippen LogP contribution >= 0.6 is 31.9 Å². The highest BCUT2D eigenvalue weighted by Gasteiger charge is 2.09. The van der Waals surface area contributed by atoms with Gasteiger partial charge in [0, 0.05) is 12.5 Å². The minimum Gasteiger partial charge on any atom is -0.423 e. The average Bonchev–Trinajstić information content (AvgIpc) is 2.75. The third-order valence-corrected chi connectivity index (χ3v) is 2.82. The molecule has 0 radical (unpaired) electrons. The molecule has 0 saturated heterocycles. The second-order valence-corrected chi connectivity index (χ2v) is 4.52. The Labute approximate surface area is 103 Å². The van der Waals surface area contributed by atoms with Gasteiger partial charge in [0.05, 0.1) is 0 Å². The number of nitrogens with zero attached hydrogens (tertiary/aromatic N) is 4. The predicted molar refractivity (Wildman–Crippen MR) is 60.4 cm³/mol. The fraction of sp³-hybridized carbons (Fsp3) is 0.375. The fourth-order valence-corrected chi connectivity index (χ4v) is 2.24. The zero-order valence-corrected chi connectivity index (χ0v) is 11.1. The van der Waals surface area contributed by atoms with E-state index in [4.69, 9.17) is 4.42 Å². The van der Waals surface area contributed by atoms with Crippen LogP contribution in [0.4, 0.5) is 0 Å². The average molecular weight is 336 g/mol. The van der Waals surface area contributed by atoms with Gasteiger partial charge in [-0.1, -0.05) is 6.92 Å². The molecule has 0 N–H and O–H groups in total. The molecule has 2 aromatic heterocycles. The van der Waals surface area contributed by atoms with Crippen LogP contribution in [-0.2, 0) is 13.0 Å². The highest BCUT2D eigenvalue weighted by atomic mass is 79.9. The molecular formula is C8H8Br2N4O. The summed E-state index contributed by atoms with van der Waals surface area (Å²) in [6, 6.07) is 1.86. The quantitative estimate of drug-likeness (QED) is 0.864. The second-order valence-electron chi connectivity index (χ2n) is 2.89. The molecule has 0 unspecified atom stereocenters. The fourth-order valence-electron chi connectivity index (χ4n) is 1.10. The number of hydrogen-bond acceptors (Lipinski definition) is 4. The van der Waals surface area contributed by atoms with E-state index in [-0.39, 0.29) is 0 Å². The van der Waals surface area contributed by atoms with E-state index in [9.17, 15) is 0 Å². The van der Waals surface area contributed by atoms with Crippen molar-refractivity contribution < 1.29 is 4.42 Å². The van der Waals surface area contributed by atoms with Crippen LogP contribution in [0, 0.1) is 0 Å². The Balaban J connectivity index is 2.17. The molecule has 0 aliphatic carbocycles. The maximum atomic E-state index is 5.38. The summed E-state index contributed by atoms with van der Waals surface area (Å²) >= 11 is 6.67. The molecule has 15 heavy (non-hydrogen) atoms. The molecule has 2 heterocycles. The monoisotopic (exact) mass is 334 g/mol. The Hall–Kier alpha value is -0.690. The summed E-state index contributed by atoms with van der Waals surface area (Å²) in [5, 5.41) is 12.0. The largest absolute Gasteiger partial charge is 0.423 e. The Kier molecular flexibility index (Phi) is 3.20. The van der Waals surface area contributed by atoms with Crippen LogP contribution in [0.2, 0.25) is 0 Å².